The molecule has 2 aromatic rings. The third-order valence-corrected chi connectivity index (χ3v) is 4.75. The number of carbonyl (C=O) groups excluding carboxylic acids is 1. The number of nitrogens with one attached hydrogen (secondary N) is 1. The fourth-order valence-corrected chi connectivity index (χ4v) is 3.51. The molecule has 1 aromatic carbocycles. The Kier molecular flexibility index (Phi) is 4.06. The van der Waals surface area contributed by atoms with E-state index in [1.807, 2.05) is 49.7 Å². The van der Waals surface area contributed by atoms with Crippen LogP contribution < -0.4 is 5.43 Å². The van der Waals surface area contributed by atoms with Crippen molar-refractivity contribution >= 4 is 17.7 Å². The first kappa shape index (κ1) is 14.9. The Hall–Kier alpha value is -2.02. The Morgan fingerprint density at radius 1 is 1.32 bits per heavy atom. The van der Waals surface area contributed by atoms with Gasteiger partial charge in [0.1, 0.15) is 11.1 Å². The number of hydrogen-bond acceptors (Lipinski definition) is 6. The highest BCUT2D eigenvalue weighted by Crippen LogP contribution is 2.37. The molecule has 0 unspecified atom stereocenters. The van der Waals surface area contributed by atoms with Gasteiger partial charge >= 0.3 is 5.97 Å². The zero-order chi connectivity index (χ0) is 15.7. The first-order valence-electron chi connectivity index (χ1n) is 7.18. The molecule has 1 aliphatic heterocycles. The molecule has 2 heterocycles. The minimum absolute atomic E-state index is 0.188. The summed E-state index contributed by atoms with van der Waals surface area (Å²) in [6.07, 6.45) is 0. The summed E-state index contributed by atoms with van der Waals surface area (Å²) in [5.41, 5.74) is 5.56. The van der Waals surface area contributed by atoms with Crippen LogP contribution in [-0.2, 0) is 9.53 Å². The fraction of sp³-hybridized carbons (Fsp3) is 0.400. The lowest BCUT2D eigenvalue weighted by atomic mass is 10.0. The standard InChI is InChI=1S/C15H18N4O2S/c1-4-21-14(20)13-12(11-7-5-9(2)6-8-11)18-19-10(3)16-17-15(19)22-13/h5-8,12-13,18H,4H2,1-3H3/t12-,13-/m1/s1. The summed E-state index contributed by atoms with van der Waals surface area (Å²) in [6.45, 7) is 6.09. The van der Waals surface area contributed by atoms with E-state index in [-0.39, 0.29) is 12.0 Å². The first-order valence-corrected chi connectivity index (χ1v) is 8.06. The molecule has 6 nitrogen and oxygen atoms in total. The highest BCUT2D eigenvalue weighted by atomic mass is 32.2. The van der Waals surface area contributed by atoms with Crippen LogP contribution in [0, 0.1) is 13.8 Å². The predicted octanol–water partition coefficient (Wildman–Crippen LogP) is 2.22. The number of thioether (sulfide) groups is 1. The highest BCUT2D eigenvalue weighted by Gasteiger charge is 2.38. The van der Waals surface area contributed by atoms with Crippen molar-refractivity contribution in [3.63, 3.8) is 0 Å². The second kappa shape index (κ2) is 6.00. The van der Waals surface area contributed by atoms with Crippen LogP contribution in [0.4, 0.5) is 0 Å². The summed E-state index contributed by atoms with van der Waals surface area (Å²) < 4.78 is 7.05. The van der Waals surface area contributed by atoms with E-state index in [2.05, 4.69) is 15.6 Å². The van der Waals surface area contributed by atoms with Gasteiger partial charge in [-0.05, 0) is 26.3 Å². The molecule has 1 N–H and O–H groups in total. The van der Waals surface area contributed by atoms with Crippen molar-refractivity contribution < 1.29 is 9.53 Å². The van der Waals surface area contributed by atoms with Crippen molar-refractivity contribution in [2.75, 3.05) is 12.0 Å². The number of fused-ring (bicyclic) bond motifs is 1. The first-order chi connectivity index (χ1) is 10.6. The number of benzene rings is 1. The van der Waals surface area contributed by atoms with Gasteiger partial charge < -0.3 is 10.2 Å². The number of rotatable bonds is 3. The molecule has 0 spiro atoms. The van der Waals surface area contributed by atoms with E-state index < -0.39 is 5.25 Å². The van der Waals surface area contributed by atoms with Gasteiger partial charge in [0, 0.05) is 0 Å². The Labute approximate surface area is 133 Å². The summed E-state index contributed by atoms with van der Waals surface area (Å²) in [7, 11) is 0. The molecule has 0 saturated heterocycles. The molecule has 1 aliphatic rings. The van der Waals surface area contributed by atoms with Gasteiger partial charge in [0.2, 0.25) is 5.16 Å². The van der Waals surface area contributed by atoms with Gasteiger partial charge in [0.25, 0.3) is 0 Å². The van der Waals surface area contributed by atoms with E-state index >= 15 is 0 Å². The Morgan fingerprint density at radius 3 is 2.73 bits per heavy atom. The van der Waals surface area contributed by atoms with Crippen molar-refractivity contribution in [3.05, 3.63) is 41.2 Å². The lowest BCUT2D eigenvalue weighted by molar-refractivity contribution is -0.142. The van der Waals surface area contributed by atoms with E-state index in [1.54, 1.807) is 0 Å². The van der Waals surface area contributed by atoms with Gasteiger partial charge in [-0.1, -0.05) is 41.6 Å². The average Bonchev–Trinajstić information content (AvgIpc) is 2.88. The van der Waals surface area contributed by atoms with Gasteiger partial charge in [0.05, 0.1) is 12.6 Å². The molecule has 0 fully saturated rings. The summed E-state index contributed by atoms with van der Waals surface area (Å²) in [5.74, 6) is 0.527. The summed E-state index contributed by atoms with van der Waals surface area (Å²) in [6, 6.07) is 7.96. The molecule has 0 bridgehead atoms. The van der Waals surface area contributed by atoms with E-state index in [4.69, 9.17) is 4.74 Å². The van der Waals surface area contributed by atoms with Gasteiger partial charge in [-0.25, -0.2) is 4.68 Å². The van der Waals surface area contributed by atoms with Gasteiger partial charge in [-0.15, -0.1) is 10.2 Å². The Morgan fingerprint density at radius 2 is 2.05 bits per heavy atom. The van der Waals surface area contributed by atoms with Crippen LogP contribution in [0.25, 0.3) is 0 Å². The number of nitrogens with zero attached hydrogens (tertiary/aromatic N) is 3. The molecule has 7 heteroatoms. The topological polar surface area (TPSA) is 69.0 Å². The van der Waals surface area contributed by atoms with Crippen LogP contribution in [0.2, 0.25) is 0 Å². The number of hydrogen-bond donors (Lipinski definition) is 1. The molecule has 2 atom stereocenters. The molecular formula is C15H18N4O2S. The minimum Gasteiger partial charge on any atom is -0.465 e. The molecule has 22 heavy (non-hydrogen) atoms. The maximum atomic E-state index is 12.3. The zero-order valence-electron chi connectivity index (χ0n) is 12.7. The second-order valence-electron chi connectivity index (χ2n) is 5.17. The predicted molar refractivity (Wildman–Crippen MR) is 84.3 cm³/mol. The number of esters is 1. The summed E-state index contributed by atoms with van der Waals surface area (Å²) in [4.78, 5) is 12.3. The second-order valence-corrected chi connectivity index (χ2v) is 6.28. The molecule has 0 amide bonds. The van der Waals surface area contributed by atoms with E-state index in [0.29, 0.717) is 11.8 Å². The molecule has 3 rings (SSSR count). The van der Waals surface area contributed by atoms with Crippen LogP contribution in [0.3, 0.4) is 0 Å². The van der Waals surface area contributed by atoms with Crippen LogP contribution in [-0.4, -0.2) is 32.7 Å². The van der Waals surface area contributed by atoms with Crippen LogP contribution in [0.5, 0.6) is 0 Å². The molecule has 1 aromatic heterocycles. The molecule has 0 aliphatic carbocycles. The van der Waals surface area contributed by atoms with Crippen molar-refractivity contribution in [2.24, 2.45) is 0 Å². The van der Waals surface area contributed by atoms with Crippen LogP contribution >= 0.6 is 11.8 Å². The Balaban J connectivity index is 1.97. The van der Waals surface area contributed by atoms with Gasteiger partial charge in [-0.2, -0.15) is 0 Å². The van der Waals surface area contributed by atoms with Crippen LogP contribution in [0.1, 0.15) is 29.9 Å². The lowest BCUT2D eigenvalue weighted by Gasteiger charge is -2.32. The van der Waals surface area contributed by atoms with E-state index in [0.717, 1.165) is 11.4 Å². The number of ether oxygens (including phenoxy) is 1. The average molecular weight is 318 g/mol. The maximum Gasteiger partial charge on any atom is 0.322 e. The third-order valence-electron chi connectivity index (χ3n) is 3.55. The van der Waals surface area contributed by atoms with Gasteiger partial charge in [-0.3, -0.25) is 4.79 Å². The zero-order valence-corrected chi connectivity index (χ0v) is 13.6. The maximum absolute atomic E-state index is 12.3. The summed E-state index contributed by atoms with van der Waals surface area (Å²) in [5, 5.41) is 8.44. The molecule has 0 radical (unpaired) electrons. The fourth-order valence-electron chi connectivity index (χ4n) is 2.39. The highest BCUT2D eigenvalue weighted by molar-refractivity contribution is 8.00. The van der Waals surface area contributed by atoms with E-state index in [1.165, 1.54) is 17.3 Å². The molecule has 0 saturated carbocycles. The monoisotopic (exact) mass is 318 g/mol. The molecule has 116 valence electrons. The Bertz CT molecular complexity index is 683. The number of aryl methyl sites for hydroxylation is 2. The van der Waals surface area contributed by atoms with E-state index in [9.17, 15) is 4.79 Å². The van der Waals surface area contributed by atoms with Gasteiger partial charge in [0.15, 0.2) is 0 Å². The summed E-state index contributed by atoms with van der Waals surface area (Å²) >= 11 is 1.39. The van der Waals surface area contributed by atoms with Crippen molar-refractivity contribution in [2.45, 2.75) is 37.2 Å². The number of carbonyl (C=O) groups is 1. The van der Waals surface area contributed by atoms with Crippen molar-refractivity contribution in [1.29, 1.82) is 0 Å². The SMILES string of the molecule is CCOC(=O)[C@@H]1Sc2nnc(C)n2N[C@@H]1c1ccc(C)cc1. The smallest absolute Gasteiger partial charge is 0.322 e. The molecular weight excluding hydrogens is 300 g/mol. The normalized spacial score (nSPS) is 20.1. The van der Waals surface area contributed by atoms with Crippen molar-refractivity contribution in [3.8, 4) is 0 Å². The van der Waals surface area contributed by atoms with Crippen LogP contribution in [0.15, 0.2) is 29.4 Å². The quantitative estimate of drug-likeness (QED) is 0.875. The number of aromatic nitrogens is 3. The minimum atomic E-state index is -0.390. The van der Waals surface area contributed by atoms with Crippen molar-refractivity contribution in [1.82, 2.24) is 14.9 Å². The lowest BCUT2D eigenvalue weighted by Crippen LogP contribution is -2.39. The largest absolute Gasteiger partial charge is 0.465 e. The third kappa shape index (κ3) is 2.68.